The highest BCUT2D eigenvalue weighted by Gasteiger charge is 2.21. The van der Waals surface area contributed by atoms with Crippen molar-refractivity contribution in [2.75, 3.05) is 18.0 Å². The topological polar surface area (TPSA) is 55.1 Å². The van der Waals surface area contributed by atoms with Crippen LogP contribution >= 0.6 is 0 Å². The number of anilines is 1. The molecule has 1 fully saturated rings. The normalized spacial score (nSPS) is 15.8. The van der Waals surface area contributed by atoms with E-state index in [9.17, 15) is 4.39 Å². The van der Waals surface area contributed by atoms with Gasteiger partial charge >= 0.3 is 0 Å². The Labute approximate surface area is 133 Å². The monoisotopic (exact) mass is 312 g/mol. The molecule has 0 atom stereocenters. The third kappa shape index (κ3) is 2.65. The lowest BCUT2D eigenvalue weighted by atomic mass is 10.1. The van der Waals surface area contributed by atoms with Gasteiger partial charge in [0.1, 0.15) is 29.0 Å². The van der Waals surface area contributed by atoms with E-state index in [1.165, 1.54) is 31.3 Å². The van der Waals surface area contributed by atoms with Crippen LogP contribution in [0.1, 0.15) is 25.7 Å². The fraction of sp³-hybridized carbons (Fsp3) is 0.353. The first-order chi connectivity index (χ1) is 11.3. The molecule has 0 radical (unpaired) electrons. The summed E-state index contributed by atoms with van der Waals surface area (Å²) in [6.07, 6.45) is 6.33. The summed E-state index contributed by atoms with van der Waals surface area (Å²) in [7, 11) is 0. The molecule has 1 aliphatic heterocycles. The van der Waals surface area contributed by atoms with Gasteiger partial charge in [0, 0.05) is 18.7 Å². The van der Waals surface area contributed by atoms with Gasteiger partial charge in [-0.05, 0) is 37.1 Å². The highest BCUT2D eigenvalue weighted by molar-refractivity contribution is 5.97. The van der Waals surface area contributed by atoms with E-state index in [-0.39, 0.29) is 5.82 Å². The Morgan fingerprint density at radius 3 is 2.43 bits per heavy atom. The minimum Gasteiger partial charge on any atom is -0.356 e. The Bertz CT molecular complexity index is 807. The van der Waals surface area contributed by atoms with Gasteiger partial charge in [-0.3, -0.25) is 0 Å². The van der Waals surface area contributed by atoms with Crippen molar-refractivity contribution in [1.29, 1.82) is 0 Å². The molecule has 23 heavy (non-hydrogen) atoms. The van der Waals surface area contributed by atoms with Gasteiger partial charge in [0.15, 0.2) is 0 Å². The summed E-state index contributed by atoms with van der Waals surface area (Å²) in [5.74, 6) is 0.586. The quantitative estimate of drug-likeness (QED) is 0.720. The molecule has 1 aromatic carbocycles. The van der Waals surface area contributed by atoms with Crippen LogP contribution in [0.4, 0.5) is 10.2 Å². The third-order valence-corrected chi connectivity index (χ3v) is 4.28. The number of halogens is 1. The minimum atomic E-state index is -0.273. The summed E-state index contributed by atoms with van der Waals surface area (Å²) in [6, 6.07) is 6.24. The van der Waals surface area contributed by atoms with Crippen LogP contribution in [0.2, 0.25) is 0 Å². The van der Waals surface area contributed by atoms with Crippen LogP contribution in [0.15, 0.2) is 35.1 Å². The number of nitrogens with zero attached hydrogens (tertiary/aromatic N) is 4. The summed E-state index contributed by atoms with van der Waals surface area (Å²) in [5.41, 5.74) is 1.94. The van der Waals surface area contributed by atoms with E-state index < -0.39 is 0 Å². The predicted octanol–water partition coefficient (Wildman–Crippen LogP) is 3.80. The summed E-state index contributed by atoms with van der Waals surface area (Å²) in [5, 5.41) is 4.95. The lowest BCUT2D eigenvalue weighted by Gasteiger charge is -2.21. The molecular formula is C17H17FN4O. The molecule has 0 spiro atoms. The van der Waals surface area contributed by atoms with E-state index in [4.69, 9.17) is 4.52 Å². The first-order valence-electron chi connectivity index (χ1n) is 7.94. The van der Waals surface area contributed by atoms with Crippen molar-refractivity contribution in [3.05, 3.63) is 36.4 Å². The molecule has 0 saturated carbocycles. The molecule has 0 bridgehead atoms. The number of hydrogen-bond donors (Lipinski definition) is 0. The Balaban J connectivity index is 1.84. The summed E-state index contributed by atoms with van der Waals surface area (Å²) in [4.78, 5) is 11.0. The Kier molecular flexibility index (Phi) is 3.65. The predicted molar refractivity (Wildman–Crippen MR) is 85.7 cm³/mol. The average Bonchev–Trinajstić information content (AvgIpc) is 2.83. The zero-order valence-electron chi connectivity index (χ0n) is 12.7. The van der Waals surface area contributed by atoms with E-state index in [1.54, 1.807) is 12.1 Å². The molecular weight excluding hydrogens is 295 g/mol. The molecule has 118 valence electrons. The second-order valence-electron chi connectivity index (χ2n) is 5.82. The highest BCUT2D eigenvalue weighted by Crippen LogP contribution is 2.33. The van der Waals surface area contributed by atoms with Gasteiger partial charge in [-0.2, -0.15) is 4.98 Å². The number of rotatable bonds is 2. The van der Waals surface area contributed by atoms with Gasteiger partial charge < -0.3 is 9.42 Å². The molecule has 0 aliphatic carbocycles. The van der Waals surface area contributed by atoms with Crippen molar-refractivity contribution in [1.82, 2.24) is 15.1 Å². The van der Waals surface area contributed by atoms with Crippen LogP contribution in [0.25, 0.3) is 22.4 Å². The zero-order chi connectivity index (χ0) is 15.6. The van der Waals surface area contributed by atoms with Gasteiger partial charge in [0.05, 0.1) is 0 Å². The van der Waals surface area contributed by atoms with Crippen LogP contribution in [-0.2, 0) is 0 Å². The largest absolute Gasteiger partial charge is 0.356 e. The molecule has 5 nitrogen and oxygen atoms in total. The first kappa shape index (κ1) is 14.1. The SMILES string of the molecule is Fc1ccc(-c2noc3ncnc(N4CCCCCC4)c23)cc1. The molecule has 0 unspecified atom stereocenters. The van der Waals surface area contributed by atoms with E-state index in [1.807, 2.05) is 0 Å². The molecule has 0 N–H and O–H groups in total. The summed E-state index contributed by atoms with van der Waals surface area (Å²) in [6.45, 7) is 1.94. The molecule has 3 heterocycles. The highest BCUT2D eigenvalue weighted by atomic mass is 19.1. The van der Waals surface area contributed by atoms with Gasteiger partial charge in [0.2, 0.25) is 0 Å². The maximum atomic E-state index is 13.2. The van der Waals surface area contributed by atoms with Crippen LogP contribution < -0.4 is 4.90 Å². The second kappa shape index (κ2) is 5.95. The van der Waals surface area contributed by atoms with Gasteiger partial charge in [-0.15, -0.1) is 0 Å². The van der Waals surface area contributed by atoms with Crippen molar-refractivity contribution < 1.29 is 8.91 Å². The van der Waals surface area contributed by atoms with Crippen molar-refractivity contribution in [2.45, 2.75) is 25.7 Å². The van der Waals surface area contributed by atoms with Crippen molar-refractivity contribution >= 4 is 16.9 Å². The van der Waals surface area contributed by atoms with Crippen LogP contribution in [0.5, 0.6) is 0 Å². The van der Waals surface area contributed by atoms with Crippen molar-refractivity contribution in [3.63, 3.8) is 0 Å². The molecule has 6 heteroatoms. The number of fused-ring (bicyclic) bond motifs is 1. The first-order valence-corrected chi connectivity index (χ1v) is 7.94. The van der Waals surface area contributed by atoms with E-state index in [0.29, 0.717) is 11.4 Å². The lowest BCUT2D eigenvalue weighted by Crippen LogP contribution is -2.25. The van der Waals surface area contributed by atoms with Gasteiger partial charge in [0.25, 0.3) is 5.71 Å². The van der Waals surface area contributed by atoms with Crippen LogP contribution in [0.3, 0.4) is 0 Å². The van der Waals surface area contributed by atoms with E-state index >= 15 is 0 Å². The van der Waals surface area contributed by atoms with Gasteiger partial charge in [-0.1, -0.05) is 18.0 Å². The molecule has 2 aromatic heterocycles. The number of benzene rings is 1. The molecule has 1 aliphatic rings. The van der Waals surface area contributed by atoms with Crippen LogP contribution in [0, 0.1) is 5.82 Å². The molecule has 1 saturated heterocycles. The standard InChI is InChI=1S/C17H17FN4O/c18-13-7-5-12(6-8-13)15-14-16(19-11-20-17(14)23-21-15)22-9-3-1-2-4-10-22/h5-8,11H,1-4,9-10H2. The maximum absolute atomic E-state index is 13.2. The fourth-order valence-corrected chi connectivity index (χ4v) is 3.10. The number of aromatic nitrogens is 3. The Hall–Kier alpha value is -2.50. The van der Waals surface area contributed by atoms with Crippen molar-refractivity contribution in [3.8, 4) is 11.3 Å². The van der Waals surface area contributed by atoms with Crippen molar-refractivity contribution in [2.24, 2.45) is 0 Å². The molecule has 0 amide bonds. The Morgan fingerprint density at radius 1 is 0.957 bits per heavy atom. The average molecular weight is 312 g/mol. The van der Waals surface area contributed by atoms with E-state index in [0.717, 1.165) is 42.7 Å². The van der Waals surface area contributed by atoms with Gasteiger partial charge in [-0.25, -0.2) is 9.37 Å². The minimum absolute atomic E-state index is 0.273. The molecule has 3 aromatic rings. The lowest BCUT2D eigenvalue weighted by molar-refractivity contribution is 0.451. The Morgan fingerprint density at radius 2 is 1.70 bits per heavy atom. The van der Waals surface area contributed by atoms with E-state index in [2.05, 4.69) is 20.0 Å². The molecule has 4 rings (SSSR count). The maximum Gasteiger partial charge on any atom is 0.263 e. The second-order valence-corrected chi connectivity index (χ2v) is 5.82. The summed E-state index contributed by atoms with van der Waals surface area (Å²) >= 11 is 0. The smallest absolute Gasteiger partial charge is 0.263 e. The fourth-order valence-electron chi connectivity index (χ4n) is 3.10. The third-order valence-electron chi connectivity index (χ3n) is 4.28. The zero-order valence-corrected chi connectivity index (χ0v) is 12.7. The summed E-state index contributed by atoms with van der Waals surface area (Å²) < 4.78 is 18.6. The van der Waals surface area contributed by atoms with Crippen LogP contribution in [-0.4, -0.2) is 28.2 Å². The number of hydrogen-bond acceptors (Lipinski definition) is 5.